The first-order valence-corrected chi connectivity index (χ1v) is 5.48. The van der Waals surface area contributed by atoms with Crippen LogP contribution in [0.5, 0.6) is 5.75 Å². The Morgan fingerprint density at radius 1 is 1.43 bits per heavy atom. The lowest BCUT2D eigenvalue weighted by molar-refractivity contribution is -0.141. The highest BCUT2D eigenvalue weighted by Crippen LogP contribution is 2.33. The van der Waals surface area contributed by atoms with Crippen LogP contribution in [0.3, 0.4) is 0 Å². The van der Waals surface area contributed by atoms with Crippen LogP contribution in [-0.4, -0.2) is 38.2 Å². The molecule has 1 amide bonds. The van der Waals surface area contributed by atoms with Gasteiger partial charge in [-0.15, -0.1) is 10.2 Å². The minimum Gasteiger partial charge on any atom is -0.494 e. The van der Waals surface area contributed by atoms with E-state index < -0.39 is 17.8 Å². The summed E-state index contributed by atoms with van der Waals surface area (Å²) in [6.07, 6.45) is -3.77. The summed E-state index contributed by atoms with van der Waals surface area (Å²) in [5.41, 5.74) is -1.17. The number of rotatable bonds is 3. The Labute approximate surface area is 115 Å². The van der Waals surface area contributed by atoms with E-state index in [1.54, 1.807) is 0 Å². The monoisotopic (exact) mass is 302 g/mol. The van der Waals surface area contributed by atoms with Gasteiger partial charge in [-0.2, -0.15) is 18.0 Å². The molecule has 0 spiro atoms. The van der Waals surface area contributed by atoms with Crippen LogP contribution >= 0.6 is 0 Å². The van der Waals surface area contributed by atoms with Crippen molar-refractivity contribution >= 4 is 11.6 Å². The number of halogens is 3. The average molecular weight is 302 g/mol. The molecular weight excluding hydrogens is 293 g/mol. The SMILES string of the molecule is COc1cc(C(F)(F)F)ncc1NC(=O)c1nnn(C)n1. The second-order valence-electron chi connectivity index (χ2n) is 3.82. The third-order valence-corrected chi connectivity index (χ3v) is 2.34. The third-order valence-electron chi connectivity index (χ3n) is 2.34. The van der Waals surface area contributed by atoms with Crippen molar-refractivity contribution in [2.45, 2.75) is 6.18 Å². The van der Waals surface area contributed by atoms with E-state index in [1.807, 2.05) is 0 Å². The molecule has 11 heteroatoms. The van der Waals surface area contributed by atoms with Gasteiger partial charge in [0.05, 0.1) is 20.4 Å². The lowest BCUT2D eigenvalue weighted by Gasteiger charge is -2.11. The molecule has 112 valence electrons. The molecule has 2 aromatic heterocycles. The number of hydrogen-bond acceptors (Lipinski definition) is 6. The number of carbonyl (C=O) groups is 1. The van der Waals surface area contributed by atoms with Crippen molar-refractivity contribution in [2.24, 2.45) is 7.05 Å². The Balaban J connectivity index is 2.26. The van der Waals surface area contributed by atoms with E-state index in [0.717, 1.165) is 11.0 Å². The molecule has 0 saturated carbocycles. The number of aromatic nitrogens is 5. The topological polar surface area (TPSA) is 94.8 Å². The molecule has 0 aliphatic rings. The van der Waals surface area contributed by atoms with Crippen molar-refractivity contribution in [3.05, 3.63) is 23.8 Å². The van der Waals surface area contributed by atoms with Crippen LogP contribution in [-0.2, 0) is 13.2 Å². The van der Waals surface area contributed by atoms with Gasteiger partial charge < -0.3 is 10.1 Å². The Morgan fingerprint density at radius 2 is 2.14 bits per heavy atom. The van der Waals surface area contributed by atoms with Crippen LogP contribution in [0.2, 0.25) is 0 Å². The van der Waals surface area contributed by atoms with Gasteiger partial charge in [-0.3, -0.25) is 4.79 Å². The summed E-state index contributed by atoms with van der Waals surface area (Å²) in [5, 5.41) is 12.9. The molecule has 21 heavy (non-hydrogen) atoms. The smallest absolute Gasteiger partial charge is 0.433 e. The summed E-state index contributed by atoms with van der Waals surface area (Å²) in [4.78, 5) is 16.1. The van der Waals surface area contributed by atoms with Crippen molar-refractivity contribution in [1.29, 1.82) is 0 Å². The second kappa shape index (κ2) is 5.34. The fourth-order valence-corrected chi connectivity index (χ4v) is 1.41. The summed E-state index contributed by atoms with van der Waals surface area (Å²) < 4.78 is 42.4. The van der Waals surface area contributed by atoms with Gasteiger partial charge in [-0.25, -0.2) is 4.98 Å². The van der Waals surface area contributed by atoms with E-state index in [0.29, 0.717) is 6.07 Å². The molecule has 2 rings (SSSR count). The maximum Gasteiger partial charge on any atom is 0.433 e. The minimum absolute atomic E-state index is 0.0389. The zero-order valence-electron chi connectivity index (χ0n) is 10.8. The molecule has 2 heterocycles. The summed E-state index contributed by atoms with van der Waals surface area (Å²) in [6, 6.07) is 0.680. The van der Waals surface area contributed by atoms with Crippen LogP contribution in [0, 0.1) is 0 Å². The average Bonchev–Trinajstić information content (AvgIpc) is 2.84. The highest BCUT2D eigenvalue weighted by molar-refractivity contribution is 6.02. The van der Waals surface area contributed by atoms with Crippen molar-refractivity contribution < 1.29 is 22.7 Å². The molecule has 1 N–H and O–H groups in total. The lowest BCUT2D eigenvalue weighted by atomic mass is 10.3. The van der Waals surface area contributed by atoms with Crippen molar-refractivity contribution in [2.75, 3.05) is 12.4 Å². The van der Waals surface area contributed by atoms with E-state index in [4.69, 9.17) is 4.74 Å². The minimum atomic E-state index is -4.61. The number of carbonyl (C=O) groups excluding carboxylic acids is 1. The van der Waals surface area contributed by atoms with E-state index in [2.05, 4.69) is 25.7 Å². The largest absolute Gasteiger partial charge is 0.494 e. The molecule has 0 aliphatic carbocycles. The molecule has 2 aromatic rings. The van der Waals surface area contributed by atoms with Crippen LogP contribution in [0.1, 0.15) is 16.3 Å². The number of nitrogens with zero attached hydrogens (tertiary/aromatic N) is 5. The van der Waals surface area contributed by atoms with Gasteiger partial charge in [0.15, 0.2) is 0 Å². The number of aryl methyl sites for hydroxylation is 1. The number of methoxy groups -OCH3 is 1. The molecule has 0 radical (unpaired) electrons. The fraction of sp³-hybridized carbons (Fsp3) is 0.300. The van der Waals surface area contributed by atoms with Gasteiger partial charge in [0.25, 0.3) is 11.7 Å². The van der Waals surface area contributed by atoms with Crippen molar-refractivity contribution in [3.63, 3.8) is 0 Å². The summed E-state index contributed by atoms with van der Waals surface area (Å²) >= 11 is 0. The van der Waals surface area contributed by atoms with E-state index in [-0.39, 0.29) is 17.3 Å². The zero-order chi connectivity index (χ0) is 15.6. The maximum absolute atomic E-state index is 12.5. The molecule has 8 nitrogen and oxygen atoms in total. The maximum atomic E-state index is 12.5. The van der Waals surface area contributed by atoms with E-state index >= 15 is 0 Å². The highest BCUT2D eigenvalue weighted by Gasteiger charge is 2.33. The number of amides is 1. The van der Waals surface area contributed by atoms with E-state index in [9.17, 15) is 18.0 Å². The number of tetrazole rings is 1. The van der Waals surface area contributed by atoms with Gasteiger partial charge >= 0.3 is 6.18 Å². The lowest BCUT2D eigenvalue weighted by Crippen LogP contribution is -2.16. The van der Waals surface area contributed by atoms with Crippen molar-refractivity contribution in [1.82, 2.24) is 25.2 Å². The third kappa shape index (κ3) is 3.24. The Morgan fingerprint density at radius 3 is 2.67 bits per heavy atom. The molecule has 0 fully saturated rings. The highest BCUT2D eigenvalue weighted by atomic mass is 19.4. The molecule has 0 aromatic carbocycles. The number of nitrogens with one attached hydrogen (secondary N) is 1. The molecule has 0 bridgehead atoms. The fourth-order valence-electron chi connectivity index (χ4n) is 1.41. The first-order chi connectivity index (χ1) is 9.81. The quantitative estimate of drug-likeness (QED) is 0.904. The molecule has 0 unspecified atom stereocenters. The van der Waals surface area contributed by atoms with Crippen molar-refractivity contribution in [3.8, 4) is 5.75 Å². The molecule has 0 aliphatic heterocycles. The van der Waals surface area contributed by atoms with E-state index in [1.165, 1.54) is 14.2 Å². The Kier molecular flexibility index (Phi) is 3.74. The van der Waals surface area contributed by atoms with Gasteiger partial charge in [0.2, 0.25) is 0 Å². The standard InChI is InChI=1S/C10H9F3N6O2/c1-19-17-8(16-18-19)9(20)15-5-4-14-7(10(11,12)13)3-6(5)21-2/h3-4H,1-2H3,(H,15,20). The summed E-state index contributed by atoms with van der Waals surface area (Å²) in [5.74, 6) is -1.17. The second-order valence-corrected chi connectivity index (χ2v) is 3.82. The molecular formula is C10H9F3N6O2. The first kappa shape index (κ1) is 14.7. The summed E-state index contributed by atoms with van der Waals surface area (Å²) in [7, 11) is 2.63. The summed E-state index contributed by atoms with van der Waals surface area (Å²) in [6.45, 7) is 0. The molecule has 0 atom stereocenters. The Bertz CT molecular complexity index is 669. The van der Waals surface area contributed by atoms with Gasteiger partial charge in [-0.05, 0) is 5.21 Å². The van der Waals surface area contributed by atoms with Crippen LogP contribution < -0.4 is 10.1 Å². The van der Waals surface area contributed by atoms with Crippen LogP contribution in [0.4, 0.5) is 18.9 Å². The number of alkyl halides is 3. The normalized spacial score (nSPS) is 11.3. The van der Waals surface area contributed by atoms with Crippen LogP contribution in [0.15, 0.2) is 12.3 Å². The zero-order valence-corrected chi connectivity index (χ0v) is 10.8. The first-order valence-electron chi connectivity index (χ1n) is 5.48. The van der Waals surface area contributed by atoms with Gasteiger partial charge in [0, 0.05) is 6.07 Å². The number of ether oxygens (including phenoxy) is 1. The Hall–Kier alpha value is -2.72. The number of hydrogen-bond donors (Lipinski definition) is 1. The number of pyridine rings is 1. The van der Waals surface area contributed by atoms with Crippen LogP contribution in [0.25, 0.3) is 0 Å². The van der Waals surface area contributed by atoms with Gasteiger partial charge in [0.1, 0.15) is 17.1 Å². The predicted octanol–water partition coefficient (Wildman–Crippen LogP) is 0.885. The van der Waals surface area contributed by atoms with Gasteiger partial charge in [-0.1, -0.05) is 0 Å². The predicted molar refractivity (Wildman–Crippen MR) is 62.5 cm³/mol. The molecule has 0 saturated heterocycles. The number of anilines is 1.